The summed E-state index contributed by atoms with van der Waals surface area (Å²) in [5, 5.41) is 12.7. The summed E-state index contributed by atoms with van der Waals surface area (Å²) in [5.74, 6) is -0.382. The second kappa shape index (κ2) is 17.9. The number of hydrogen-bond acceptors (Lipinski definition) is 5. The number of rotatable bonds is 11. The minimum Gasteiger partial charge on any atom is -0.490 e. The molecule has 230 valence electrons. The number of hydrogen-bond donors (Lipinski definition) is 2. The molecule has 1 amide bonds. The smallest absolute Gasteiger partial charge is 0.333 e. The lowest BCUT2D eigenvalue weighted by Gasteiger charge is -2.18. The molecular weight excluding hydrogens is 570 g/mol. The number of benzene rings is 2. The van der Waals surface area contributed by atoms with Crippen LogP contribution < -0.4 is 10.1 Å². The van der Waals surface area contributed by atoms with Crippen molar-refractivity contribution in [3.63, 3.8) is 0 Å². The Labute approximate surface area is 260 Å². The molecule has 8 heteroatoms. The first-order chi connectivity index (χ1) is 20.2. The molecule has 42 heavy (non-hydrogen) atoms. The average molecular weight is 616 g/mol. The molecule has 3 aromatic rings. The Morgan fingerprint density at radius 2 is 1.71 bits per heavy atom. The van der Waals surface area contributed by atoms with Gasteiger partial charge in [-0.3, -0.25) is 4.79 Å². The largest absolute Gasteiger partial charge is 0.490 e. The zero-order chi connectivity index (χ0) is 31.2. The van der Waals surface area contributed by atoms with Crippen molar-refractivity contribution in [2.45, 2.75) is 105 Å². The fraction of sp³-hybridized carbons (Fsp3) is 0.471. The third-order valence-corrected chi connectivity index (χ3v) is 7.89. The average Bonchev–Trinajstić information content (AvgIpc) is 3.65. The molecule has 6 nitrogen and oxygen atoms in total. The van der Waals surface area contributed by atoms with E-state index in [9.17, 15) is 14.7 Å². The number of carboxylic acid groups (broad SMARTS) is 1. The summed E-state index contributed by atoms with van der Waals surface area (Å²) in [4.78, 5) is 25.9. The molecular formula is C34H46ClNO5S. The summed E-state index contributed by atoms with van der Waals surface area (Å²) in [5.41, 5.74) is 4.09. The van der Waals surface area contributed by atoms with Crippen molar-refractivity contribution < 1.29 is 24.2 Å². The Bertz CT molecular complexity index is 1280. The van der Waals surface area contributed by atoms with E-state index >= 15 is 0 Å². The molecule has 0 saturated heterocycles. The van der Waals surface area contributed by atoms with Gasteiger partial charge in [-0.05, 0) is 99.0 Å². The van der Waals surface area contributed by atoms with Gasteiger partial charge in [-0.15, -0.1) is 11.3 Å². The molecule has 0 bridgehead atoms. The molecule has 1 aromatic heterocycles. The molecule has 1 atom stereocenters. The van der Waals surface area contributed by atoms with Crippen molar-refractivity contribution in [1.29, 1.82) is 0 Å². The minimum atomic E-state index is -1.00. The maximum absolute atomic E-state index is 13.2. The van der Waals surface area contributed by atoms with Crippen LogP contribution in [0.3, 0.4) is 0 Å². The van der Waals surface area contributed by atoms with E-state index < -0.39 is 12.1 Å². The predicted molar refractivity (Wildman–Crippen MR) is 174 cm³/mol. The van der Waals surface area contributed by atoms with Crippen LogP contribution in [0.4, 0.5) is 0 Å². The van der Waals surface area contributed by atoms with E-state index in [0.29, 0.717) is 9.90 Å². The van der Waals surface area contributed by atoms with Crippen LogP contribution in [0.2, 0.25) is 4.34 Å². The summed E-state index contributed by atoms with van der Waals surface area (Å²) < 4.78 is 12.4. The molecule has 1 heterocycles. The van der Waals surface area contributed by atoms with Crippen molar-refractivity contribution >= 4 is 34.8 Å². The van der Waals surface area contributed by atoms with E-state index in [4.69, 9.17) is 21.1 Å². The molecule has 1 saturated carbocycles. The summed E-state index contributed by atoms with van der Waals surface area (Å²) in [6, 6.07) is 15.2. The van der Waals surface area contributed by atoms with Crippen LogP contribution in [-0.2, 0) is 22.5 Å². The lowest BCUT2D eigenvalue weighted by Crippen LogP contribution is -2.29. The first-order valence-corrected chi connectivity index (χ1v) is 16.2. The van der Waals surface area contributed by atoms with Crippen LogP contribution >= 0.6 is 22.9 Å². The van der Waals surface area contributed by atoms with E-state index in [1.165, 1.54) is 24.2 Å². The Morgan fingerprint density at radius 1 is 1.02 bits per heavy atom. The molecule has 2 aromatic carbocycles. The Kier molecular flexibility index (Phi) is 15.1. The standard InChI is InChI=1S/C30H34ClNO5S.2C2H6/c1-18(2)36-26(30(34)35)16-20-8-10-25(27-12-13-28(31)38-27)21(15-20)17-32-29(33)24-11-9-23(14-19(24)3)37-22-6-4-5-7-22;2*1-2/h8-15,18,22,26H,4-7,16-17H2,1-3H3,(H,32,33)(H,34,35);2*1-2H3. The number of thiophene rings is 1. The van der Waals surface area contributed by atoms with Gasteiger partial charge in [-0.1, -0.05) is 57.5 Å². The first kappa shape index (κ1) is 35.3. The molecule has 2 N–H and O–H groups in total. The van der Waals surface area contributed by atoms with Crippen LogP contribution in [0.1, 0.15) is 94.3 Å². The van der Waals surface area contributed by atoms with Gasteiger partial charge in [0.1, 0.15) is 5.75 Å². The third kappa shape index (κ3) is 10.4. The van der Waals surface area contributed by atoms with Crippen LogP contribution in [0.5, 0.6) is 5.75 Å². The predicted octanol–water partition coefficient (Wildman–Crippen LogP) is 9.10. The quantitative estimate of drug-likeness (QED) is 0.225. The number of carbonyl (C=O) groups is 2. The monoisotopic (exact) mass is 615 g/mol. The molecule has 1 aliphatic rings. The van der Waals surface area contributed by atoms with Gasteiger partial charge in [0.25, 0.3) is 5.91 Å². The number of amides is 1. The number of carboxylic acids is 1. The highest BCUT2D eigenvalue weighted by Gasteiger charge is 2.22. The van der Waals surface area contributed by atoms with Crippen LogP contribution in [0.15, 0.2) is 48.5 Å². The molecule has 1 unspecified atom stereocenters. The molecule has 0 aliphatic heterocycles. The van der Waals surface area contributed by atoms with Gasteiger partial charge >= 0.3 is 5.97 Å². The fourth-order valence-corrected chi connectivity index (χ4v) is 5.89. The summed E-state index contributed by atoms with van der Waals surface area (Å²) >= 11 is 7.65. The van der Waals surface area contributed by atoms with Crippen LogP contribution in [-0.4, -0.2) is 35.3 Å². The third-order valence-electron chi connectivity index (χ3n) is 6.63. The lowest BCUT2D eigenvalue weighted by molar-refractivity contribution is -0.153. The van der Waals surface area contributed by atoms with E-state index in [1.807, 2.05) is 97.0 Å². The van der Waals surface area contributed by atoms with Gasteiger partial charge in [0, 0.05) is 23.4 Å². The molecule has 0 radical (unpaired) electrons. The topological polar surface area (TPSA) is 84.9 Å². The number of aryl methyl sites for hydroxylation is 1. The lowest BCUT2D eigenvalue weighted by atomic mass is 9.99. The molecule has 1 fully saturated rings. The van der Waals surface area contributed by atoms with Gasteiger partial charge in [-0.25, -0.2) is 4.79 Å². The van der Waals surface area contributed by atoms with Crippen molar-refractivity contribution in [3.8, 4) is 16.2 Å². The SMILES string of the molecule is CC.CC.Cc1cc(OC2CCCC2)ccc1C(=O)NCc1cc(CC(OC(C)C)C(=O)O)ccc1-c1ccc(Cl)s1. The highest BCUT2D eigenvalue weighted by Crippen LogP contribution is 2.34. The van der Waals surface area contributed by atoms with E-state index in [0.717, 1.165) is 45.7 Å². The summed E-state index contributed by atoms with van der Waals surface area (Å²) in [6.45, 7) is 13.8. The second-order valence-electron chi connectivity index (χ2n) is 9.99. The Hall–Kier alpha value is -2.87. The van der Waals surface area contributed by atoms with Gasteiger partial charge < -0.3 is 19.9 Å². The van der Waals surface area contributed by atoms with Crippen LogP contribution in [0, 0.1) is 6.92 Å². The van der Waals surface area contributed by atoms with Crippen molar-refractivity contribution in [2.75, 3.05) is 0 Å². The van der Waals surface area contributed by atoms with Gasteiger partial charge in [0.05, 0.1) is 16.5 Å². The summed E-state index contributed by atoms with van der Waals surface area (Å²) in [7, 11) is 0. The second-order valence-corrected chi connectivity index (χ2v) is 11.7. The zero-order valence-electron chi connectivity index (χ0n) is 26.0. The van der Waals surface area contributed by atoms with Crippen molar-refractivity contribution in [3.05, 3.63) is 75.1 Å². The normalized spacial score (nSPS) is 13.5. The highest BCUT2D eigenvalue weighted by molar-refractivity contribution is 7.19. The zero-order valence-corrected chi connectivity index (χ0v) is 27.5. The van der Waals surface area contributed by atoms with E-state index in [-0.39, 0.29) is 31.1 Å². The van der Waals surface area contributed by atoms with Gasteiger partial charge in [0.15, 0.2) is 6.10 Å². The first-order valence-electron chi connectivity index (χ1n) is 15.0. The Balaban J connectivity index is 0.00000148. The van der Waals surface area contributed by atoms with E-state index in [1.54, 1.807) is 0 Å². The number of carbonyl (C=O) groups excluding carboxylic acids is 1. The van der Waals surface area contributed by atoms with Crippen LogP contribution in [0.25, 0.3) is 10.4 Å². The molecule has 4 rings (SSSR count). The number of aliphatic carboxylic acids is 1. The molecule has 0 spiro atoms. The van der Waals surface area contributed by atoms with Crippen molar-refractivity contribution in [2.24, 2.45) is 0 Å². The number of halogens is 1. The van der Waals surface area contributed by atoms with Crippen molar-refractivity contribution in [1.82, 2.24) is 5.32 Å². The van der Waals surface area contributed by atoms with E-state index in [2.05, 4.69) is 5.32 Å². The maximum Gasteiger partial charge on any atom is 0.333 e. The van der Waals surface area contributed by atoms with Gasteiger partial charge in [-0.2, -0.15) is 0 Å². The summed E-state index contributed by atoms with van der Waals surface area (Å²) in [6.07, 6.45) is 3.88. The van der Waals surface area contributed by atoms with Gasteiger partial charge in [0.2, 0.25) is 0 Å². The maximum atomic E-state index is 13.2. The Morgan fingerprint density at radius 3 is 2.29 bits per heavy atom. The molecule has 1 aliphatic carbocycles. The number of ether oxygens (including phenoxy) is 2. The fourth-order valence-electron chi connectivity index (χ4n) is 4.79. The minimum absolute atomic E-state index is 0.179. The highest BCUT2D eigenvalue weighted by atomic mass is 35.5. The number of nitrogens with one attached hydrogen (secondary N) is 1.